The zero-order valence-corrected chi connectivity index (χ0v) is 25.3. The molecule has 1 aliphatic rings. The first kappa shape index (κ1) is 32.2. The maximum Gasteiger partial charge on any atom is 0.243 e. The normalized spacial score (nSPS) is 17.4. The number of aliphatic hydroxyl groups is 1. The summed E-state index contributed by atoms with van der Waals surface area (Å²) in [6, 6.07) is 16.5. The number of carbonyl (C=O) groups excluding carboxylic acids is 1. The van der Waals surface area contributed by atoms with Gasteiger partial charge in [-0.25, -0.2) is 21.1 Å². The lowest BCUT2D eigenvalue weighted by Crippen LogP contribution is -2.52. The van der Waals surface area contributed by atoms with Crippen molar-refractivity contribution in [1.29, 1.82) is 0 Å². The van der Waals surface area contributed by atoms with Crippen LogP contribution < -0.4 is 5.32 Å². The number of sulfonamides is 2. The minimum Gasteiger partial charge on any atom is -0.390 e. The Kier molecular flexibility index (Phi) is 11.7. The van der Waals surface area contributed by atoms with E-state index in [0.29, 0.717) is 13.1 Å². The average Bonchev–Trinajstić information content (AvgIpc) is 2.93. The molecule has 3 atom stereocenters. The van der Waals surface area contributed by atoms with Gasteiger partial charge in [0, 0.05) is 26.2 Å². The van der Waals surface area contributed by atoms with Crippen LogP contribution in [0.5, 0.6) is 0 Å². The summed E-state index contributed by atoms with van der Waals surface area (Å²) in [5, 5.41) is 14.2. The fourth-order valence-corrected chi connectivity index (χ4v) is 8.32. The minimum atomic E-state index is -3.90. The van der Waals surface area contributed by atoms with E-state index in [1.165, 1.54) is 20.7 Å². The number of aliphatic hydroxyl groups excluding tert-OH is 1. The fraction of sp³-hybridized carbons (Fsp3) is 0.552. The largest absolute Gasteiger partial charge is 0.390 e. The van der Waals surface area contributed by atoms with Crippen molar-refractivity contribution in [2.45, 2.75) is 63.5 Å². The molecule has 2 aromatic carbocycles. The van der Waals surface area contributed by atoms with Crippen molar-refractivity contribution < 1.29 is 26.7 Å². The molecule has 0 aromatic heterocycles. The average molecular weight is 594 g/mol. The van der Waals surface area contributed by atoms with Gasteiger partial charge >= 0.3 is 0 Å². The summed E-state index contributed by atoms with van der Waals surface area (Å²) >= 11 is 0. The number of carbonyl (C=O) groups is 1. The maximum atomic E-state index is 13.5. The van der Waals surface area contributed by atoms with Crippen LogP contribution in [0.1, 0.15) is 45.6 Å². The van der Waals surface area contributed by atoms with Crippen molar-refractivity contribution in [1.82, 2.24) is 13.9 Å². The third-order valence-electron chi connectivity index (χ3n) is 7.05. The summed E-state index contributed by atoms with van der Waals surface area (Å²) in [7, 11) is -7.51. The van der Waals surface area contributed by atoms with Crippen molar-refractivity contribution in [2.75, 3.05) is 31.9 Å². The number of amides is 1. The molecule has 1 saturated heterocycles. The molecule has 9 nitrogen and oxygen atoms in total. The second-order valence-corrected chi connectivity index (χ2v) is 15.0. The standard InChI is InChI=1S/C29H43N3O6S2/c1-23(2)20-32(40(37,38)26-15-9-5-10-16-26)21-28(33)27(19-25-13-7-4-8-14-25)30-29(34)24(3)22-39(35,36)31-17-11-6-12-18-31/h4-5,7-10,13-16,23-24,27-28,33H,6,11-12,17-22H2,1-3H3,(H,30,34)/t24-,27-,28+/m0/s1. The van der Waals surface area contributed by atoms with E-state index in [2.05, 4.69) is 5.32 Å². The Bertz CT molecular complexity index is 1280. The lowest BCUT2D eigenvalue weighted by Gasteiger charge is -2.31. The van der Waals surface area contributed by atoms with Gasteiger partial charge in [-0.3, -0.25) is 4.79 Å². The Labute approximate surface area is 239 Å². The van der Waals surface area contributed by atoms with Gasteiger partial charge in [0.25, 0.3) is 0 Å². The third-order valence-corrected chi connectivity index (χ3v) is 11.0. The van der Waals surface area contributed by atoms with Gasteiger partial charge in [-0.1, -0.05) is 75.7 Å². The zero-order valence-electron chi connectivity index (χ0n) is 23.6. The van der Waals surface area contributed by atoms with Crippen LogP contribution in [0.3, 0.4) is 0 Å². The van der Waals surface area contributed by atoms with Gasteiger partial charge in [-0.05, 0) is 42.9 Å². The first-order valence-electron chi connectivity index (χ1n) is 14.0. The first-order chi connectivity index (χ1) is 18.9. The predicted octanol–water partition coefficient (Wildman–Crippen LogP) is 2.87. The molecular weight excluding hydrogens is 550 g/mol. The van der Waals surface area contributed by atoms with E-state index in [4.69, 9.17) is 0 Å². The highest BCUT2D eigenvalue weighted by molar-refractivity contribution is 7.89. The Morgan fingerprint density at radius 1 is 0.900 bits per heavy atom. The topological polar surface area (TPSA) is 124 Å². The summed E-state index contributed by atoms with van der Waals surface area (Å²) in [6.45, 7) is 6.24. The van der Waals surface area contributed by atoms with Crippen LogP contribution in [0.25, 0.3) is 0 Å². The summed E-state index contributed by atoms with van der Waals surface area (Å²) in [6.07, 6.45) is 1.62. The van der Waals surface area contributed by atoms with E-state index in [1.54, 1.807) is 25.1 Å². The Hall–Kier alpha value is -2.31. The second kappa shape index (κ2) is 14.5. The molecule has 40 heavy (non-hydrogen) atoms. The molecule has 0 saturated carbocycles. The van der Waals surface area contributed by atoms with Crippen LogP contribution in [0.2, 0.25) is 0 Å². The van der Waals surface area contributed by atoms with Crippen LogP contribution in [0.4, 0.5) is 0 Å². The summed E-state index contributed by atoms with van der Waals surface area (Å²) < 4.78 is 55.5. The highest BCUT2D eigenvalue weighted by Crippen LogP contribution is 2.20. The molecule has 1 heterocycles. The number of piperidine rings is 1. The van der Waals surface area contributed by atoms with Crippen molar-refractivity contribution in [3.05, 3.63) is 66.2 Å². The molecular formula is C29H43N3O6S2. The second-order valence-electron chi connectivity index (χ2n) is 11.0. The van der Waals surface area contributed by atoms with E-state index < -0.39 is 44.0 Å². The van der Waals surface area contributed by atoms with E-state index in [-0.39, 0.29) is 36.1 Å². The molecule has 3 rings (SSSR count). The number of nitrogens with one attached hydrogen (secondary N) is 1. The van der Waals surface area contributed by atoms with Gasteiger partial charge in [0.15, 0.2) is 0 Å². The molecule has 0 aliphatic carbocycles. The lowest BCUT2D eigenvalue weighted by molar-refractivity contribution is -0.125. The van der Waals surface area contributed by atoms with Gasteiger partial charge in [-0.15, -0.1) is 0 Å². The van der Waals surface area contributed by atoms with E-state index in [0.717, 1.165) is 24.8 Å². The highest BCUT2D eigenvalue weighted by Gasteiger charge is 2.33. The molecule has 11 heteroatoms. The minimum absolute atomic E-state index is 0.00660. The van der Waals surface area contributed by atoms with Crippen molar-refractivity contribution >= 4 is 26.0 Å². The Morgan fingerprint density at radius 2 is 1.48 bits per heavy atom. The van der Waals surface area contributed by atoms with Gasteiger partial charge in [0.2, 0.25) is 26.0 Å². The van der Waals surface area contributed by atoms with Crippen LogP contribution in [0, 0.1) is 11.8 Å². The monoisotopic (exact) mass is 593 g/mol. The first-order valence-corrected chi connectivity index (χ1v) is 17.0. The van der Waals surface area contributed by atoms with Crippen molar-refractivity contribution in [3.63, 3.8) is 0 Å². The molecule has 2 N–H and O–H groups in total. The van der Waals surface area contributed by atoms with Crippen LogP contribution in [-0.4, -0.2) is 80.5 Å². The molecule has 1 aliphatic heterocycles. The molecule has 0 bridgehead atoms. The van der Waals surface area contributed by atoms with Gasteiger partial charge in [0.1, 0.15) is 0 Å². The molecule has 0 spiro atoms. The zero-order chi connectivity index (χ0) is 29.3. The number of hydrogen-bond donors (Lipinski definition) is 2. The maximum absolute atomic E-state index is 13.5. The summed E-state index contributed by atoms with van der Waals surface area (Å²) in [5.74, 6) is -1.68. The molecule has 0 unspecified atom stereocenters. The quantitative estimate of drug-likeness (QED) is 0.347. The Balaban J connectivity index is 1.80. The molecule has 222 valence electrons. The molecule has 1 fully saturated rings. The predicted molar refractivity (Wildman–Crippen MR) is 156 cm³/mol. The van der Waals surface area contributed by atoms with Crippen LogP contribution >= 0.6 is 0 Å². The van der Waals surface area contributed by atoms with Gasteiger partial charge in [-0.2, -0.15) is 4.31 Å². The summed E-state index contributed by atoms with van der Waals surface area (Å²) in [5.41, 5.74) is 0.849. The van der Waals surface area contributed by atoms with Crippen LogP contribution in [-0.2, 0) is 31.3 Å². The van der Waals surface area contributed by atoms with Crippen molar-refractivity contribution in [3.8, 4) is 0 Å². The highest BCUT2D eigenvalue weighted by atomic mass is 32.2. The summed E-state index contributed by atoms with van der Waals surface area (Å²) in [4.78, 5) is 13.4. The number of nitrogens with zero attached hydrogens (tertiary/aromatic N) is 2. The van der Waals surface area contributed by atoms with E-state index >= 15 is 0 Å². The molecule has 0 radical (unpaired) electrons. The SMILES string of the molecule is CC(C)CN(C[C@@H](O)[C@H](Cc1ccccc1)NC(=O)[C@@H](C)CS(=O)(=O)N1CCCCC1)S(=O)(=O)c1ccccc1. The third kappa shape index (κ3) is 9.10. The Morgan fingerprint density at radius 3 is 2.05 bits per heavy atom. The lowest BCUT2D eigenvalue weighted by atomic mass is 10.00. The van der Waals surface area contributed by atoms with E-state index in [9.17, 15) is 26.7 Å². The number of hydrogen-bond acceptors (Lipinski definition) is 6. The molecule has 2 aromatic rings. The molecule has 1 amide bonds. The van der Waals surface area contributed by atoms with Gasteiger partial charge < -0.3 is 10.4 Å². The number of benzene rings is 2. The van der Waals surface area contributed by atoms with Crippen molar-refractivity contribution in [2.24, 2.45) is 11.8 Å². The van der Waals surface area contributed by atoms with Crippen LogP contribution in [0.15, 0.2) is 65.6 Å². The smallest absolute Gasteiger partial charge is 0.243 e. The van der Waals surface area contributed by atoms with E-state index in [1.807, 2.05) is 44.2 Å². The van der Waals surface area contributed by atoms with Gasteiger partial charge in [0.05, 0.1) is 28.7 Å². The number of rotatable bonds is 14. The fourth-order valence-electron chi connectivity index (χ4n) is 4.87.